The van der Waals surface area contributed by atoms with Gasteiger partial charge in [-0.25, -0.2) is 0 Å². The molecule has 1 saturated heterocycles. The highest BCUT2D eigenvalue weighted by Gasteiger charge is 2.45. The van der Waals surface area contributed by atoms with Crippen LogP contribution in [0.15, 0.2) is 58.6 Å². The van der Waals surface area contributed by atoms with Crippen LogP contribution in [0.2, 0.25) is 0 Å². The van der Waals surface area contributed by atoms with E-state index in [2.05, 4.69) is 22.9 Å². The molecule has 1 unspecified atom stereocenters. The summed E-state index contributed by atoms with van der Waals surface area (Å²) in [6.07, 6.45) is 2.75. The van der Waals surface area contributed by atoms with E-state index < -0.39 is 17.7 Å². The average molecular weight is 486 g/mol. The summed E-state index contributed by atoms with van der Waals surface area (Å²) in [5.74, 6) is -0.730. The molecule has 0 radical (unpaired) electrons. The maximum atomic E-state index is 13.0. The number of likely N-dealkylation sites (tertiary alicyclic amines) is 1. The topological polar surface area (TPSA) is 66.8 Å². The first-order valence-electron chi connectivity index (χ1n) is 10.6. The van der Waals surface area contributed by atoms with Gasteiger partial charge in [-0.1, -0.05) is 60.0 Å². The molecule has 6 heteroatoms. The third-order valence-electron chi connectivity index (χ3n) is 5.21. The van der Waals surface area contributed by atoms with Crippen molar-refractivity contribution in [3.8, 4) is 5.75 Å². The van der Waals surface area contributed by atoms with E-state index in [1.54, 1.807) is 29.2 Å². The lowest BCUT2D eigenvalue weighted by atomic mass is 9.95. The van der Waals surface area contributed by atoms with Gasteiger partial charge in [-0.15, -0.1) is 0 Å². The number of nitrogens with zero attached hydrogens (tertiary/aromatic N) is 1. The molecule has 0 aromatic heterocycles. The highest BCUT2D eigenvalue weighted by Crippen LogP contribution is 2.40. The number of ether oxygens (including phenoxy) is 1. The fraction of sp³-hybridized carbons (Fsp3) is 0.360. The molecule has 1 aliphatic rings. The summed E-state index contributed by atoms with van der Waals surface area (Å²) in [5, 5.41) is 11.1. The Hall–Kier alpha value is -2.60. The van der Waals surface area contributed by atoms with Crippen molar-refractivity contribution in [1.82, 2.24) is 4.90 Å². The second-order valence-electron chi connectivity index (χ2n) is 7.95. The minimum Gasteiger partial charge on any atom is -0.507 e. The first-order valence-corrected chi connectivity index (χ1v) is 11.4. The molecule has 1 amide bonds. The number of rotatable bonds is 8. The Morgan fingerprint density at radius 2 is 1.84 bits per heavy atom. The maximum absolute atomic E-state index is 13.0. The van der Waals surface area contributed by atoms with E-state index in [0.29, 0.717) is 17.9 Å². The Morgan fingerprint density at radius 3 is 2.48 bits per heavy atom. The Labute approximate surface area is 191 Å². The fourth-order valence-corrected chi connectivity index (χ4v) is 4.05. The number of Topliss-reactive ketones (excluding diaryl/α,β-unsaturated/α-hetero) is 1. The lowest BCUT2D eigenvalue weighted by Gasteiger charge is -2.26. The smallest absolute Gasteiger partial charge is 0.295 e. The summed E-state index contributed by atoms with van der Waals surface area (Å²) in [6.45, 7) is 6.43. The van der Waals surface area contributed by atoms with Crippen LogP contribution in [0.5, 0.6) is 5.75 Å². The van der Waals surface area contributed by atoms with Crippen molar-refractivity contribution in [2.75, 3.05) is 6.54 Å². The van der Waals surface area contributed by atoms with Gasteiger partial charge in [0.15, 0.2) is 0 Å². The molecule has 0 aliphatic carbocycles. The van der Waals surface area contributed by atoms with Crippen molar-refractivity contribution in [3.05, 3.63) is 69.7 Å². The molecule has 31 heavy (non-hydrogen) atoms. The molecule has 1 fully saturated rings. The second-order valence-corrected chi connectivity index (χ2v) is 8.86. The Bertz CT molecular complexity index is 981. The molecule has 164 valence electrons. The van der Waals surface area contributed by atoms with E-state index in [-0.39, 0.29) is 17.4 Å². The third kappa shape index (κ3) is 5.18. The molecule has 1 heterocycles. The molecule has 2 aromatic carbocycles. The molecule has 1 aliphatic heterocycles. The normalized spacial score (nSPS) is 18.1. The van der Waals surface area contributed by atoms with Crippen molar-refractivity contribution in [2.45, 2.75) is 52.2 Å². The summed E-state index contributed by atoms with van der Waals surface area (Å²) in [6, 6.07) is 13.8. The van der Waals surface area contributed by atoms with Gasteiger partial charge in [-0.3, -0.25) is 9.59 Å². The number of halogens is 1. The number of hydrogen-bond donors (Lipinski definition) is 1. The molecule has 1 atom stereocenters. The van der Waals surface area contributed by atoms with Gasteiger partial charge in [0.25, 0.3) is 11.7 Å². The summed E-state index contributed by atoms with van der Waals surface area (Å²) in [4.78, 5) is 27.5. The van der Waals surface area contributed by atoms with Gasteiger partial charge in [0, 0.05) is 16.6 Å². The van der Waals surface area contributed by atoms with E-state index in [1.165, 1.54) is 0 Å². The van der Waals surface area contributed by atoms with Crippen LogP contribution in [-0.2, 0) is 9.59 Å². The SMILES string of the molecule is CCCCCN1C(=O)C(=O)/C(=C(\O)c2ccc(Br)cc2)C1c1cccc(OC(C)C)c1. The van der Waals surface area contributed by atoms with Crippen molar-refractivity contribution in [2.24, 2.45) is 0 Å². The second kappa shape index (κ2) is 10.1. The van der Waals surface area contributed by atoms with Gasteiger partial charge in [0.1, 0.15) is 11.5 Å². The lowest BCUT2D eigenvalue weighted by Crippen LogP contribution is -2.30. The number of amides is 1. The van der Waals surface area contributed by atoms with E-state index in [9.17, 15) is 14.7 Å². The Kier molecular flexibility index (Phi) is 7.55. The summed E-state index contributed by atoms with van der Waals surface area (Å²) < 4.78 is 6.68. The fourth-order valence-electron chi connectivity index (χ4n) is 3.78. The number of carbonyl (C=O) groups excluding carboxylic acids is 2. The molecule has 1 N–H and O–H groups in total. The summed E-state index contributed by atoms with van der Waals surface area (Å²) in [5.41, 5.74) is 1.35. The molecule has 3 rings (SSSR count). The zero-order valence-electron chi connectivity index (χ0n) is 18.1. The number of hydrogen-bond acceptors (Lipinski definition) is 4. The van der Waals surface area contributed by atoms with E-state index in [1.807, 2.05) is 38.1 Å². The minimum atomic E-state index is -0.656. The van der Waals surface area contributed by atoms with Crippen LogP contribution in [0.25, 0.3) is 5.76 Å². The van der Waals surface area contributed by atoms with Gasteiger partial charge in [0.05, 0.1) is 17.7 Å². The van der Waals surface area contributed by atoms with E-state index >= 15 is 0 Å². The Morgan fingerprint density at radius 1 is 1.13 bits per heavy atom. The number of benzene rings is 2. The highest BCUT2D eigenvalue weighted by atomic mass is 79.9. The first-order chi connectivity index (χ1) is 14.8. The zero-order chi connectivity index (χ0) is 22.5. The quantitative estimate of drug-likeness (QED) is 0.220. The van der Waals surface area contributed by atoms with Crippen molar-refractivity contribution in [1.29, 1.82) is 0 Å². The van der Waals surface area contributed by atoms with Crippen LogP contribution in [-0.4, -0.2) is 34.3 Å². The van der Waals surface area contributed by atoms with Crippen LogP contribution in [0, 0.1) is 0 Å². The number of aliphatic hydroxyl groups is 1. The van der Waals surface area contributed by atoms with Gasteiger partial charge in [-0.05, 0) is 50.1 Å². The standard InChI is InChI=1S/C25H28BrNO4/c1-4-5-6-14-27-22(18-8-7-9-20(15-18)31-16(2)3)21(24(29)25(27)30)23(28)17-10-12-19(26)13-11-17/h7-13,15-16,22,28H,4-6,14H2,1-3H3/b23-21-. The van der Waals surface area contributed by atoms with Crippen LogP contribution >= 0.6 is 15.9 Å². The van der Waals surface area contributed by atoms with Crippen molar-refractivity contribution >= 4 is 33.4 Å². The van der Waals surface area contributed by atoms with Crippen molar-refractivity contribution in [3.63, 3.8) is 0 Å². The van der Waals surface area contributed by atoms with Gasteiger partial charge in [0.2, 0.25) is 0 Å². The monoisotopic (exact) mass is 485 g/mol. The highest BCUT2D eigenvalue weighted by molar-refractivity contribution is 9.10. The number of unbranched alkanes of at least 4 members (excludes halogenated alkanes) is 2. The molecule has 0 bridgehead atoms. The number of ketones is 1. The number of carbonyl (C=O) groups is 2. The van der Waals surface area contributed by atoms with E-state index in [0.717, 1.165) is 29.3 Å². The van der Waals surface area contributed by atoms with Crippen molar-refractivity contribution < 1.29 is 19.4 Å². The van der Waals surface area contributed by atoms with Crippen LogP contribution in [0.3, 0.4) is 0 Å². The van der Waals surface area contributed by atoms with E-state index in [4.69, 9.17) is 4.74 Å². The molecule has 0 spiro atoms. The van der Waals surface area contributed by atoms with Gasteiger partial charge < -0.3 is 14.7 Å². The largest absolute Gasteiger partial charge is 0.507 e. The third-order valence-corrected chi connectivity index (χ3v) is 5.73. The summed E-state index contributed by atoms with van der Waals surface area (Å²) in [7, 11) is 0. The molecular weight excluding hydrogens is 458 g/mol. The first kappa shape index (κ1) is 23.1. The molecule has 0 saturated carbocycles. The summed E-state index contributed by atoms with van der Waals surface area (Å²) >= 11 is 3.38. The molecular formula is C25H28BrNO4. The molecule has 2 aromatic rings. The number of aliphatic hydroxyl groups excluding tert-OH is 1. The van der Waals surface area contributed by atoms with Crippen LogP contribution < -0.4 is 4.74 Å². The lowest BCUT2D eigenvalue weighted by molar-refractivity contribution is -0.139. The maximum Gasteiger partial charge on any atom is 0.295 e. The predicted octanol–water partition coefficient (Wildman–Crippen LogP) is 5.85. The Balaban J connectivity index is 2.11. The van der Waals surface area contributed by atoms with Gasteiger partial charge in [-0.2, -0.15) is 0 Å². The predicted molar refractivity (Wildman–Crippen MR) is 125 cm³/mol. The van der Waals surface area contributed by atoms with Gasteiger partial charge >= 0.3 is 0 Å². The molecule has 5 nitrogen and oxygen atoms in total. The van der Waals surface area contributed by atoms with Crippen LogP contribution in [0.4, 0.5) is 0 Å². The zero-order valence-corrected chi connectivity index (χ0v) is 19.7. The average Bonchev–Trinajstić information content (AvgIpc) is 2.99. The van der Waals surface area contributed by atoms with Crippen LogP contribution in [0.1, 0.15) is 57.2 Å². The minimum absolute atomic E-state index is 0.00562.